The second kappa shape index (κ2) is 12.6. The van der Waals surface area contributed by atoms with Crippen molar-refractivity contribution in [1.29, 1.82) is 0 Å². The summed E-state index contributed by atoms with van der Waals surface area (Å²) in [6.45, 7) is 0.0796. The Morgan fingerprint density at radius 2 is 1.02 bits per heavy atom. The van der Waals surface area contributed by atoms with Crippen LogP contribution in [0.1, 0.15) is 53.4 Å². The zero-order chi connectivity index (χ0) is 30.6. The quantitative estimate of drug-likeness (QED) is 0.224. The Balaban J connectivity index is 1.14. The van der Waals surface area contributed by atoms with E-state index in [0.717, 1.165) is 44.5 Å². The van der Waals surface area contributed by atoms with Crippen molar-refractivity contribution in [2.75, 3.05) is 13.2 Å². The molecule has 1 unspecified atom stereocenters. The maximum absolute atomic E-state index is 13.4. The molecule has 1 amide bonds. The molecule has 0 fully saturated rings. The molecule has 0 saturated heterocycles. The van der Waals surface area contributed by atoms with Gasteiger partial charge in [0.25, 0.3) is 0 Å². The number of aliphatic carboxylic acids is 1. The molecule has 2 aliphatic carbocycles. The van der Waals surface area contributed by atoms with E-state index in [1.54, 1.807) is 0 Å². The number of esters is 2. The third-order valence-electron chi connectivity index (χ3n) is 8.28. The number of hydrogen-bond acceptors (Lipinski definition) is 6. The molecule has 8 heteroatoms. The molecular weight excluding hydrogens is 558 g/mol. The minimum atomic E-state index is -1.33. The molecule has 6 rings (SSSR count). The summed E-state index contributed by atoms with van der Waals surface area (Å²) in [5, 5.41) is 11.5. The number of carboxylic acids is 1. The van der Waals surface area contributed by atoms with Crippen LogP contribution in [0.25, 0.3) is 22.3 Å². The molecule has 2 aliphatic rings. The zero-order valence-corrected chi connectivity index (χ0v) is 23.9. The number of hydrogen-bond donors (Lipinski definition) is 2. The maximum atomic E-state index is 13.4. The second-order valence-corrected chi connectivity index (χ2v) is 11.0. The minimum Gasteiger partial charge on any atom is -0.481 e. The summed E-state index contributed by atoms with van der Waals surface area (Å²) in [5.41, 5.74) is 8.48. The van der Waals surface area contributed by atoms with Gasteiger partial charge in [-0.15, -0.1) is 0 Å². The highest BCUT2D eigenvalue weighted by Crippen LogP contribution is 2.45. The molecule has 0 aliphatic heterocycles. The number of carbonyl (C=O) groups is 4. The minimum absolute atomic E-state index is 0.0129. The van der Waals surface area contributed by atoms with Crippen LogP contribution in [-0.2, 0) is 28.7 Å². The number of rotatable bonds is 11. The lowest BCUT2D eigenvalue weighted by Crippen LogP contribution is -2.44. The van der Waals surface area contributed by atoms with Gasteiger partial charge in [-0.25, -0.2) is 4.79 Å². The smallest absolute Gasteiger partial charge is 0.329 e. The Morgan fingerprint density at radius 1 is 0.614 bits per heavy atom. The molecule has 0 spiro atoms. The Hall–Kier alpha value is -5.24. The summed E-state index contributed by atoms with van der Waals surface area (Å²) in [5.74, 6) is -3.65. The predicted octanol–water partition coefficient (Wildman–Crippen LogP) is 5.44. The Labute approximate surface area is 254 Å². The predicted molar refractivity (Wildman–Crippen MR) is 163 cm³/mol. The van der Waals surface area contributed by atoms with E-state index in [2.05, 4.69) is 5.32 Å². The van der Waals surface area contributed by atoms with Crippen LogP contribution in [0.5, 0.6) is 0 Å². The van der Waals surface area contributed by atoms with Gasteiger partial charge >= 0.3 is 17.9 Å². The normalized spacial score (nSPS) is 13.6. The third kappa shape index (κ3) is 5.83. The molecule has 1 atom stereocenters. The van der Waals surface area contributed by atoms with E-state index >= 15 is 0 Å². The van der Waals surface area contributed by atoms with Gasteiger partial charge in [0.05, 0.1) is 12.8 Å². The van der Waals surface area contributed by atoms with Gasteiger partial charge in [0, 0.05) is 18.3 Å². The van der Waals surface area contributed by atoms with Crippen molar-refractivity contribution in [2.24, 2.45) is 0 Å². The van der Waals surface area contributed by atoms with Crippen molar-refractivity contribution in [3.05, 3.63) is 119 Å². The first-order valence-corrected chi connectivity index (χ1v) is 14.6. The van der Waals surface area contributed by atoms with Crippen LogP contribution in [0, 0.1) is 0 Å². The van der Waals surface area contributed by atoms with Gasteiger partial charge in [-0.05, 0) is 44.5 Å². The summed E-state index contributed by atoms with van der Waals surface area (Å²) in [7, 11) is 0. The fraction of sp³-hybridized carbons (Fsp3) is 0.222. The van der Waals surface area contributed by atoms with Crippen molar-refractivity contribution < 1.29 is 33.8 Å². The molecule has 4 aromatic rings. The number of carboxylic acid groups (broad SMARTS) is 1. The standard InChI is InChI=1S/C36H31NO7/c38-33(17-18-34(39)40)37-32(36(42)44-21-31-28-15-7-3-11-24(28)25-12-4-8-16-29(25)31)19-35(41)43-20-30-26-13-5-1-9-22(26)23-10-2-6-14-27(23)30/h1-16,30-32H,17-21H2,(H,37,38)(H,39,40). The SMILES string of the molecule is O=C(O)CCC(=O)NC(CC(=O)OCC1c2ccccc2-c2ccccc21)C(=O)OCC1c2ccccc2-c2ccccc21. The van der Waals surface area contributed by atoms with Crippen LogP contribution >= 0.6 is 0 Å². The fourth-order valence-electron chi connectivity index (χ4n) is 6.23. The molecule has 222 valence electrons. The van der Waals surface area contributed by atoms with E-state index < -0.39 is 42.7 Å². The molecule has 44 heavy (non-hydrogen) atoms. The zero-order valence-electron chi connectivity index (χ0n) is 23.9. The molecule has 4 aromatic carbocycles. The lowest BCUT2D eigenvalue weighted by Gasteiger charge is -2.20. The van der Waals surface area contributed by atoms with Crippen LogP contribution in [-0.4, -0.2) is 48.2 Å². The van der Waals surface area contributed by atoms with Gasteiger partial charge in [0.2, 0.25) is 5.91 Å². The molecule has 0 radical (unpaired) electrons. The van der Waals surface area contributed by atoms with Crippen LogP contribution in [0.4, 0.5) is 0 Å². The Bertz CT molecular complexity index is 1650. The molecule has 0 heterocycles. The topological polar surface area (TPSA) is 119 Å². The van der Waals surface area contributed by atoms with Gasteiger partial charge in [0.15, 0.2) is 0 Å². The first-order valence-electron chi connectivity index (χ1n) is 14.6. The van der Waals surface area contributed by atoms with Gasteiger partial charge < -0.3 is 19.9 Å². The number of nitrogens with one attached hydrogen (secondary N) is 1. The van der Waals surface area contributed by atoms with E-state index in [1.807, 2.05) is 97.1 Å². The van der Waals surface area contributed by atoms with Gasteiger partial charge in [-0.2, -0.15) is 0 Å². The van der Waals surface area contributed by atoms with Crippen molar-refractivity contribution in [3.63, 3.8) is 0 Å². The highest BCUT2D eigenvalue weighted by Gasteiger charge is 2.33. The molecule has 0 saturated carbocycles. The maximum Gasteiger partial charge on any atom is 0.329 e. The number of amides is 1. The van der Waals surface area contributed by atoms with Crippen LogP contribution in [0.3, 0.4) is 0 Å². The molecule has 8 nitrogen and oxygen atoms in total. The summed E-state index contributed by atoms with van der Waals surface area (Å²) in [6, 6.07) is 30.4. The lowest BCUT2D eigenvalue weighted by atomic mass is 9.98. The Morgan fingerprint density at radius 3 is 1.45 bits per heavy atom. The van der Waals surface area contributed by atoms with E-state index in [4.69, 9.17) is 14.6 Å². The fourth-order valence-corrected chi connectivity index (χ4v) is 6.23. The van der Waals surface area contributed by atoms with Crippen LogP contribution in [0.15, 0.2) is 97.1 Å². The lowest BCUT2D eigenvalue weighted by molar-refractivity contribution is -0.154. The largest absolute Gasteiger partial charge is 0.481 e. The van der Waals surface area contributed by atoms with Crippen molar-refractivity contribution in [3.8, 4) is 22.3 Å². The second-order valence-electron chi connectivity index (χ2n) is 11.0. The van der Waals surface area contributed by atoms with E-state index in [-0.39, 0.29) is 31.5 Å². The Kier molecular flexibility index (Phi) is 8.23. The van der Waals surface area contributed by atoms with E-state index in [9.17, 15) is 19.2 Å². The average molecular weight is 590 g/mol. The van der Waals surface area contributed by atoms with Crippen LogP contribution < -0.4 is 5.32 Å². The summed E-state index contributed by atoms with van der Waals surface area (Å²) >= 11 is 0. The first-order chi connectivity index (χ1) is 21.4. The summed E-state index contributed by atoms with van der Waals surface area (Å²) in [4.78, 5) is 50.0. The number of benzene rings is 4. The van der Waals surface area contributed by atoms with Crippen molar-refractivity contribution >= 4 is 23.8 Å². The van der Waals surface area contributed by atoms with Gasteiger partial charge in [-0.3, -0.25) is 14.4 Å². The van der Waals surface area contributed by atoms with Crippen molar-refractivity contribution in [2.45, 2.75) is 37.1 Å². The highest BCUT2D eigenvalue weighted by molar-refractivity contribution is 5.89. The molecule has 0 bridgehead atoms. The van der Waals surface area contributed by atoms with E-state index in [0.29, 0.717) is 0 Å². The number of ether oxygens (including phenoxy) is 2. The molecular formula is C36H31NO7. The molecule has 0 aromatic heterocycles. The number of fused-ring (bicyclic) bond motifs is 6. The average Bonchev–Trinajstić information content (AvgIpc) is 3.54. The highest BCUT2D eigenvalue weighted by atomic mass is 16.5. The summed E-state index contributed by atoms with van der Waals surface area (Å²) in [6.07, 6.45) is -1.20. The third-order valence-corrected chi connectivity index (χ3v) is 8.28. The van der Waals surface area contributed by atoms with E-state index in [1.165, 1.54) is 0 Å². The molecule has 2 N–H and O–H groups in total. The monoisotopic (exact) mass is 589 g/mol. The van der Waals surface area contributed by atoms with Crippen molar-refractivity contribution in [1.82, 2.24) is 5.32 Å². The summed E-state index contributed by atoms with van der Waals surface area (Å²) < 4.78 is 11.4. The number of carbonyl (C=O) groups excluding carboxylic acids is 3. The van der Waals surface area contributed by atoms with Gasteiger partial charge in [-0.1, -0.05) is 97.1 Å². The van der Waals surface area contributed by atoms with Crippen LogP contribution in [0.2, 0.25) is 0 Å². The first kappa shape index (κ1) is 28.9. The van der Waals surface area contributed by atoms with Gasteiger partial charge in [0.1, 0.15) is 19.3 Å².